The lowest BCUT2D eigenvalue weighted by Gasteiger charge is -2.09. The second-order valence-electron chi connectivity index (χ2n) is 2.68. The van der Waals surface area contributed by atoms with Crippen molar-refractivity contribution in [2.45, 2.75) is 44.8 Å². The first kappa shape index (κ1) is 11.1. The van der Waals surface area contributed by atoms with Crippen LogP contribution in [-0.2, 0) is 0 Å². The zero-order chi connectivity index (χ0) is 8.53. The fourth-order valence-corrected chi connectivity index (χ4v) is 1.92. The predicted octanol–water partition coefficient (Wildman–Crippen LogP) is 3.68. The fraction of sp³-hybridized carbons (Fsp3) is 0.800. The van der Waals surface area contributed by atoms with Crippen molar-refractivity contribution in [3.8, 4) is 0 Å². The molecule has 65 valence electrons. The van der Waals surface area contributed by atoms with Gasteiger partial charge < -0.3 is 0 Å². The smallest absolute Gasteiger partial charge is 0.0229 e. The lowest BCUT2D eigenvalue weighted by Crippen LogP contribution is -1.97. The first-order valence-electron chi connectivity index (χ1n) is 4.51. The third kappa shape index (κ3) is 6.49. The highest BCUT2D eigenvalue weighted by Gasteiger charge is 2.01. The summed E-state index contributed by atoms with van der Waals surface area (Å²) >= 11 is 1.95. The molecule has 0 N–H and O–H groups in total. The largest absolute Gasteiger partial charge is 0.155 e. The molecule has 1 atom stereocenters. The van der Waals surface area contributed by atoms with E-state index in [2.05, 4.69) is 13.8 Å². The highest BCUT2D eigenvalue weighted by Crippen LogP contribution is 2.17. The summed E-state index contributed by atoms with van der Waals surface area (Å²) < 4.78 is 0. The van der Waals surface area contributed by atoms with Gasteiger partial charge in [-0.2, -0.15) is 11.8 Å². The van der Waals surface area contributed by atoms with Crippen LogP contribution >= 0.6 is 11.8 Å². The average molecular weight is 171 g/mol. The zero-order valence-electron chi connectivity index (χ0n) is 7.68. The standard InChI is InChI=1S/C10H19S/c1-4-7-8-9-10(5-2)11-6-3/h2,5,10H,4,6-9H2,1,3H3. The third-order valence-electron chi connectivity index (χ3n) is 1.69. The van der Waals surface area contributed by atoms with Crippen LogP contribution in [0.4, 0.5) is 0 Å². The summed E-state index contributed by atoms with van der Waals surface area (Å²) in [7, 11) is 0. The van der Waals surface area contributed by atoms with Crippen LogP contribution in [0.5, 0.6) is 0 Å². The van der Waals surface area contributed by atoms with E-state index in [4.69, 9.17) is 6.58 Å². The molecule has 0 fully saturated rings. The predicted molar refractivity (Wildman–Crippen MR) is 54.9 cm³/mol. The van der Waals surface area contributed by atoms with Gasteiger partial charge in [0, 0.05) is 5.25 Å². The summed E-state index contributed by atoms with van der Waals surface area (Å²) in [4.78, 5) is 0. The van der Waals surface area contributed by atoms with Crippen molar-refractivity contribution in [3.63, 3.8) is 0 Å². The molecule has 0 rings (SSSR count). The minimum absolute atomic E-state index is 0.589. The molecule has 0 saturated heterocycles. The maximum atomic E-state index is 5.50. The van der Waals surface area contributed by atoms with E-state index in [1.165, 1.54) is 31.4 Å². The summed E-state index contributed by atoms with van der Waals surface area (Å²) in [6.07, 6.45) is 7.05. The fourth-order valence-electron chi connectivity index (χ4n) is 1.04. The Morgan fingerprint density at radius 1 is 1.36 bits per heavy atom. The molecule has 0 aromatic heterocycles. The van der Waals surface area contributed by atoms with Crippen LogP contribution in [-0.4, -0.2) is 11.0 Å². The summed E-state index contributed by atoms with van der Waals surface area (Å²) in [5.41, 5.74) is 0. The van der Waals surface area contributed by atoms with Crippen LogP contribution < -0.4 is 0 Å². The molecular weight excluding hydrogens is 152 g/mol. The van der Waals surface area contributed by atoms with Crippen molar-refractivity contribution >= 4 is 11.8 Å². The molecule has 0 amide bonds. The topological polar surface area (TPSA) is 0 Å². The van der Waals surface area contributed by atoms with Crippen molar-refractivity contribution < 1.29 is 0 Å². The Bertz CT molecular complexity index is 88.9. The summed E-state index contributed by atoms with van der Waals surface area (Å²) in [5.74, 6) is 1.17. The maximum Gasteiger partial charge on any atom is 0.0229 e. The van der Waals surface area contributed by atoms with E-state index in [0.29, 0.717) is 5.25 Å². The van der Waals surface area contributed by atoms with Gasteiger partial charge in [-0.25, -0.2) is 0 Å². The Morgan fingerprint density at radius 3 is 2.55 bits per heavy atom. The molecule has 1 unspecified atom stereocenters. The number of thioether (sulfide) groups is 1. The molecule has 0 aliphatic rings. The zero-order valence-corrected chi connectivity index (χ0v) is 8.49. The van der Waals surface area contributed by atoms with Gasteiger partial charge in [0.2, 0.25) is 0 Å². The van der Waals surface area contributed by atoms with E-state index >= 15 is 0 Å². The van der Waals surface area contributed by atoms with Gasteiger partial charge in [-0.15, -0.1) is 0 Å². The van der Waals surface area contributed by atoms with E-state index in [1.807, 2.05) is 17.8 Å². The molecule has 0 saturated carbocycles. The van der Waals surface area contributed by atoms with Gasteiger partial charge in [-0.3, -0.25) is 0 Å². The van der Waals surface area contributed by atoms with Crippen molar-refractivity contribution in [2.24, 2.45) is 0 Å². The van der Waals surface area contributed by atoms with E-state index in [-0.39, 0.29) is 0 Å². The lowest BCUT2D eigenvalue weighted by atomic mass is 10.1. The quantitative estimate of drug-likeness (QED) is 0.527. The molecule has 1 radical (unpaired) electrons. The first-order chi connectivity index (χ1) is 5.35. The molecule has 11 heavy (non-hydrogen) atoms. The molecule has 1 heteroatoms. The summed E-state index contributed by atoms with van der Waals surface area (Å²) in [6.45, 7) is 9.91. The second kappa shape index (κ2) is 8.19. The Morgan fingerprint density at radius 2 is 2.09 bits per heavy atom. The summed E-state index contributed by atoms with van der Waals surface area (Å²) in [6, 6.07) is 0. The molecular formula is C10H19S. The molecule has 0 aliphatic heterocycles. The van der Waals surface area contributed by atoms with Crippen LogP contribution in [0.1, 0.15) is 39.5 Å². The molecule has 0 aromatic carbocycles. The van der Waals surface area contributed by atoms with Crippen molar-refractivity contribution in [1.82, 2.24) is 0 Å². The third-order valence-corrected chi connectivity index (χ3v) is 2.84. The van der Waals surface area contributed by atoms with Crippen LogP contribution in [0.2, 0.25) is 0 Å². The van der Waals surface area contributed by atoms with Crippen molar-refractivity contribution in [3.05, 3.63) is 12.7 Å². The number of unbranched alkanes of at least 4 members (excludes halogenated alkanes) is 2. The lowest BCUT2D eigenvalue weighted by molar-refractivity contribution is 0.681. The molecule has 0 aromatic rings. The number of rotatable bonds is 7. The van der Waals surface area contributed by atoms with Crippen LogP contribution in [0, 0.1) is 6.58 Å². The average Bonchev–Trinajstić information content (AvgIpc) is 2.03. The number of hydrogen-bond acceptors (Lipinski definition) is 1. The minimum Gasteiger partial charge on any atom is -0.155 e. The SMILES string of the molecule is [CH]=CC(CCCCC)SCC. The highest BCUT2D eigenvalue weighted by atomic mass is 32.2. The normalized spacial score (nSPS) is 12.9. The van der Waals surface area contributed by atoms with Crippen LogP contribution in [0.3, 0.4) is 0 Å². The van der Waals surface area contributed by atoms with Crippen molar-refractivity contribution in [2.75, 3.05) is 5.75 Å². The minimum atomic E-state index is 0.589. The summed E-state index contributed by atoms with van der Waals surface area (Å²) in [5, 5.41) is 0.589. The Labute approximate surface area is 75.5 Å². The Kier molecular flexibility index (Phi) is 8.26. The van der Waals surface area contributed by atoms with E-state index in [1.54, 1.807) is 0 Å². The van der Waals surface area contributed by atoms with Gasteiger partial charge in [0.1, 0.15) is 0 Å². The second-order valence-corrected chi connectivity index (χ2v) is 4.20. The Balaban J connectivity index is 3.28. The highest BCUT2D eigenvalue weighted by molar-refractivity contribution is 8.00. The first-order valence-corrected chi connectivity index (χ1v) is 5.56. The maximum absolute atomic E-state index is 5.50. The molecule has 0 aliphatic carbocycles. The monoisotopic (exact) mass is 171 g/mol. The molecule has 0 nitrogen and oxygen atoms in total. The van der Waals surface area contributed by atoms with E-state index in [9.17, 15) is 0 Å². The van der Waals surface area contributed by atoms with Gasteiger partial charge in [0.05, 0.1) is 0 Å². The van der Waals surface area contributed by atoms with Gasteiger partial charge >= 0.3 is 0 Å². The van der Waals surface area contributed by atoms with Gasteiger partial charge in [-0.05, 0) is 12.2 Å². The van der Waals surface area contributed by atoms with E-state index < -0.39 is 0 Å². The van der Waals surface area contributed by atoms with Gasteiger partial charge in [0.25, 0.3) is 0 Å². The van der Waals surface area contributed by atoms with Crippen LogP contribution in [0.15, 0.2) is 6.08 Å². The Hall–Kier alpha value is 0.0900. The van der Waals surface area contributed by atoms with E-state index in [0.717, 1.165) is 0 Å². The van der Waals surface area contributed by atoms with Gasteiger partial charge in [0.15, 0.2) is 0 Å². The van der Waals surface area contributed by atoms with Crippen LogP contribution in [0.25, 0.3) is 0 Å². The van der Waals surface area contributed by atoms with Crippen molar-refractivity contribution in [1.29, 1.82) is 0 Å². The number of hydrogen-bond donors (Lipinski definition) is 0. The molecule has 0 bridgehead atoms. The molecule has 0 spiro atoms. The molecule has 0 heterocycles. The van der Waals surface area contributed by atoms with Gasteiger partial charge in [-0.1, -0.05) is 45.8 Å².